The third kappa shape index (κ3) is 4.54. The molecule has 0 unspecified atom stereocenters. The standard InChI is InChI=1S/C23H29N5O4/c1-13(2)8-10-28-16-5-4-6-17(32-3)18(16)19(20(28)21(25)29)23(31)27-15(12-24)11-14-7-9-26-22(14)30/h4-6,13-15H,7-11H2,1-3H3,(H2,25,29)(H,26,30)(H,27,31)/t14-,15-/m0/s1. The molecule has 1 fully saturated rings. The Kier molecular flexibility index (Phi) is 7.03. The van der Waals surface area contributed by atoms with E-state index in [1.807, 2.05) is 6.07 Å². The van der Waals surface area contributed by atoms with Gasteiger partial charge < -0.3 is 25.7 Å². The van der Waals surface area contributed by atoms with Crippen LogP contribution in [-0.2, 0) is 11.3 Å². The Labute approximate surface area is 186 Å². The quantitative estimate of drug-likeness (QED) is 0.548. The van der Waals surface area contributed by atoms with Gasteiger partial charge >= 0.3 is 0 Å². The highest BCUT2D eigenvalue weighted by Crippen LogP contribution is 2.34. The van der Waals surface area contributed by atoms with Crippen molar-refractivity contribution in [1.82, 2.24) is 15.2 Å². The molecular weight excluding hydrogens is 410 g/mol. The first kappa shape index (κ1) is 23.1. The number of methoxy groups -OCH3 is 1. The first-order chi connectivity index (χ1) is 15.3. The molecule has 1 aromatic carbocycles. The number of carbonyl (C=O) groups excluding carboxylic acids is 3. The zero-order chi connectivity index (χ0) is 23.4. The summed E-state index contributed by atoms with van der Waals surface area (Å²) in [5, 5.41) is 15.5. The minimum atomic E-state index is -0.888. The van der Waals surface area contributed by atoms with Crippen molar-refractivity contribution in [3.05, 3.63) is 29.5 Å². The summed E-state index contributed by atoms with van der Waals surface area (Å²) >= 11 is 0. The maximum absolute atomic E-state index is 13.4. The van der Waals surface area contributed by atoms with Crippen LogP contribution in [0.1, 0.15) is 54.0 Å². The van der Waals surface area contributed by atoms with E-state index in [1.54, 1.807) is 16.7 Å². The average molecular weight is 440 g/mol. The highest BCUT2D eigenvalue weighted by Gasteiger charge is 2.32. The topological polar surface area (TPSA) is 139 Å². The third-order valence-corrected chi connectivity index (χ3v) is 5.81. The van der Waals surface area contributed by atoms with E-state index in [0.717, 1.165) is 6.42 Å². The molecule has 0 saturated carbocycles. The second-order valence-electron chi connectivity index (χ2n) is 8.44. The van der Waals surface area contributed by atoms with E-state index in [2.05, 4.69) is 30.6 Å². The number of nitrogens with one attached hydrogen (secondary N) is 2. The Morgan fingerprint density at radius 3 is 2.72 bits per heavy atom. The van der Waals surface area contributed by atoms with Crippen molar-refractivity contribution >= 4 is 28.6 Å². The first-order valence-electron chi connectivity index (χ1n) is 10.8. The number of hydrogen-bond acceptors (Lipinski definition) is 5. The van der Waals surface area contributed by atoms with Crippen LogP contribution in [0, 0.1) is 23.2 Å². The molecule has 1 aliphatic heterocycles. The van der Waals surface area contributed by atoms with Crippen molar-refractivity contribution in [2.75, 3.05) is 13.7 Å². The van der Waals surface area contributed by atoms with E-state index in [4.69, 9.17) is 10.5 Å². The SMILES string of the molecule is COc1cccc2c1c(C(=O)N[C@H](C#N)C[C@@H]1CCNC1=O)c(C(N)=O)n2CCC(C)C. The molecule has 1 aliphatic rings. The van der Waals surface area contributed by atoms with Crippen LogP contribution in [0.5, 0.6) is 5.75 Å². The molecule has 2 heterocycles. The second kappa shape index (κ2) is 9.73. The van der Waals surface area contributed by atoms with E-state index in [1.165, 1.54) is 7.11 Å². The van der Waals surface area contributed by atoms with E-state index in [9.17, 15) is 19.6 Å². The van der Waals surface area contributed by atoms with Crippen LogP contribution < -0.4 is 21.1 Å². The number of carbonyl (C=O) groups is 3. The van der Waals surface area contributed by atoms with E-state index in [-0.39, 0.29) is 29.5 Å². The molecule has 170 valence electrons. The molecule has 1 saturated heterocycles. The summed E-state index contributed by atoms with van der Waals surface area (Å²) in [6.45, 7) is 5.19. The average Bonchev–Trinajstić information content (AvgIpc) is 3.32. The predicted octanol–water partition coefficient (Wildman–Crippen LogP) is 1.94. The van der Waals surface area contributed by atoms with Crippen LogP contribution in [-0.4, -0.2) is 42.0 Å². The Bertz CT molecular complexity index is 1080. The normalized spacial score (nSPS) is 16.6. The molecule has 0 radical (unpaired) electrons. The fourth-order valence-electron chi connectivity index (χ4n) is 4.17. The molecule has 9 nitrogen and oxygen atoms in total. The highest BCUT2D eigenvalue weighted by molar-refractivity contribution is 6.17. The van der Waals surface area contributed by atoms with Gasteiger partial charge in [0.1, 0.15) is 17.5 Å². The minimum absolute atomic E-state index is 0.0814. The molecule has 0 spiro atoms. The minimum Gasteiger partial charge on any atom is -0.496 e. The number of nitriles is 1. The molecule has 32 heavy (non-hydrogen) atoms. The smallest absolute Gasteiger partial charge is 0.266 e. The van der Waals surface area contributed by atoms with Crippen LogP contribution in [0.2, 0.25) is 0 Å². The van der Waals surface area contributed by atoms with Crippen molar-refractivity contribution < 1.29 is 19.1 Å². The number of benzene rings is 1. The Morgan fingerprint density at radius 1 is 1.41 bits per heavy atom. The van der Waals surface area contributed by atoms with Crippen molar-refractivity contribution in [3.63, 3.8) is 0 Å². The van der Waals surface area contributed by atoms with Crippen LogP contribution in [0.15, 0.2) is 18.2 Å². The van der Waals surface area contributed by atoms with Gasteiger partial charge in [-0.15, -0.1) is 0 Å². The number of aromatic nitrogens is 1. The fraction of sp³-hybridized carbons (Fsp3) is 0.478. The van der Waals surface area contributed by atoms with E-state index < -0.39 is 17.9 Å². The monoisotopic (exact) mass is 439 g/mol. The maximum Gasteiger partial charge on any atom is 0.266 e. The molecule has 2 aromatic rings. The van der Waals surface area contributed by atoms with Gasteiger partial charge in [0.25, 0.3) is 11.8 Å². The maximum atomic E-state index is 13.4. The van der Waals surface area contributed by atoms with Gasteiger partial charge in [-0.1, -0.05) is 19.9 Å². The van der Waals surface area contributed by atoms with Gasteiger partial charge in [0.05, 0.1) is 29.6 Å². The van der Waals surface area contributed by atoms with Gasteiger partial charge in [-0.05, 0) is 37.3 Å². The lowest BCUT2D eigenvalue weighted by molar-refractivity contribution is -0.122. The van der Waals surface area contributed by atoms with Gasteiger partial charge in [0.15, 0.2) is 0 Å². The summed E-state index contributed by atoms with van der Waals surface area (Å²) in [7, 11) is 1.49. The number of nitrogens with zero attached hydrogens (tertiary/aromatic N) is 2. The summed E-state index contributed by atoms with van der Waals surface area (Å²) in [4.78, 5) is 37.8. The Morgan fingerprint density at radius 2 is 2.16 bits per heavy atom. The summed E-state index contributed by atoms with van der Waals surface area (Å²) < 4.78 is 7.23. The lowest BCUT2D eigenvalue weighted by Gasteiger charge is -2.15. The summed E-state index contributed by atoms with van der Waals surface area (Å²) in [5.41, 5.74) is 6.56. The van der Waals surface area contributed by atoms with Crippen molar-refractivity contribution in [2.24, 2.45) is 17.6 Å². The molecule has 9 heteroatoms. The van der Waals surface area contributed by atoms with Crippen molar-refractivity contribution in [1.29, 1.82) is 5.26 Å². The van der Waals surface area contributed by atoms with E-state index in [0.29, 0.717) is 42.1 Å². The van der Waals surface area contributed by atoms with E-state index >= 15 is 0 Å². The van der Waals surface area contributed by atoms with Crippen LogP contribution in [0.4, 0.5) is 0 Å². The van der Waals surface area contributed by atoms with Gasteiger partial charge in [-0.25, -0.2) is 0 Å². The number of aryl methyl sites for hydroxylation is 1. The largest absolute Gasteiger partial charge is 0.496 e. The molecule has 4 N–H and O–H groups in total. The molecule has 2 atom stereocenters. The molecule has 3 amide bonds. The number of amides is 3. The van der Waals surface area contributed by atoms with Crippen LogP contribution >= 0.6 is 0 Å². The molecule has 0 aliphatic carbocycles. The van der Waals surface area contributed by atoms with Crippen LogP contribution in [0.3, 0.4) is 0 Å². The van der Waals surface area contributed by atoms with Crippen molar-refractivity contribution in [2.45, 2.75) is 45.7 Å². The fourth-order valence-corrected chi connectivity index (χ4v) is 4.17. The number of nitrogens with two attached hydrogens (primary N) is 1. The summed E-state index contributed by atoms with van der Waals surface area (Å²) in [6.07, 6.45) is 1.59. The van der Waals surface area contributed by atoms with Gasteiger partial charge in [0, 0.05) is 19.0 Å². The third-order valence-electron chi connectivity index (χ3n) is 5.81. The zero-order valence-electron chi connectivity index (χ0n) is 18.6. The number of rotatable bonds is 9. The van der Waals surface area contributed by atoms with Crippen molar-refractivity contribution in [3.8, 4) is 11.8 Å². The van der Waals surface area contributed by atoms with Gasteiger partial charge in [-0.2, -0.15) is 5.26 Å². The number of ether oxygens (including phenoxy) is 1. The first-order valence-corrected chi connectivity index (χ1v) is 10.8. The number of primary amides is 1. The lowest BCUT2D eigenvalue weighted by atomic mass is 9.98. The Hall–Kier alpha value is -3.54. The summed E-state index contributed by atoms with van der Waals surface area (Å²) in [6, 6.07) is 6.48. The zero-order valence-corrected chi connectivity index (χ0v) is 18.6. The lowest BCUT2D eigenvalue weighted by Crippen LogP contribution is -2.37. The molecule has 0 bridgehead atoms. The predicted molar refractivity (Wildman–Crippen MR) is 119 cm³/mol. The number of hydrogen-bond donors (Lipinski definition) is 3. The molecule has 1 aromatic heterocycles. The van der Waals surface area contributed by atoms with Gasteiger partial charge in [-0.3, -0.25) is 14.4 Å². The van der Waals surface area contributed by atoms with Crippen LogP contribution in [0.25, 0.3) is 10.9 Å². The van der Waals surface area contributed by atoms with Gasteiger partial charge in [0.2, 0.25) is 5.91 Å². The number of fused-ring (bicyclic) bond motifs is 1. The highest BCUT2D eigenvalue weighted by atomic mass is 16.5. The Balaban J connectivity index is 2.06. The molecular formula is C23H29N5O4. The second-order valence-corrected chi connectivity index (χ2v) is 8.44. The summed E-state index contributed by atoms with van der Waals surface area (Å²) in [5.74, 6) is -0.983. The molecule has 3 rings (SSSR count).